The van der Waals surface area contributed by atoms with E-state index in [2.05, 4.69) is 24.3 Å². The van der Waals surface area contributed by atoms with E-state index in [1.54, 1.807) is 13.2 Å². The first-order valence-corrected chi connectivity index (χ1v) is 7.16. The van der Waals surface area contributed by atoms with E-state index in [0.717, 1.165) is 6.42 Å². The predicted octanol–water partition coefficient (Wildman–Crippen LogP) is 4.98. The Morgan fingerprint density at radius 2 is 1.84 bits per heavy atom. The van der Waals surface area contributed by atoms with Crippen LogP contribution in [-0.2, 0) is 11.3 Å². The van der Waals surface area contributed by atoms with Gasteiger partial charge < -0.3 is 4.74 Å². The standard InChI is InChI=1S/C17H23FO/c1-19-13-15-6-10-17(11-7-15)16-8-4-14(5-9-16)3-2-12-18/h2,6-7,10-12,14,16H,3-5,8-9,13H2,1H3. The molecule has 0 atom stereocenters. The molecule has 0 amide bonds. The minimum atomic E-state index is 0.677. The Morgan fingerprint density at radius 1 is 1.16 bits per heavy atom. The molecule has 0 radical (unpaired) electrons. The van der Waals surface area contributed by atoms with Crippen LogP contribution in [0.15, 0.2) is 36.7 Å². The van der Waals surface area contributed by atoms with E-state index in [-0.39, 0.29) is 0 Å². The molecule has 1 fully saturated rings. The fourth-order valence-corrected chi connectivity index (χ4v) is 3.03. The molecule has 0 unspecified atom stereocenters. The normalized spacial score (nSPS) is 23.9. The number of benzene rings is 1. The lowest BCUT2D eigenvalue weighted by atomic mass is 9.77. The zero-order valence-corrected chi connectivity index (χ0v) is 11.6. The summed E-state index contributed by atoms with van der Waals surface area (Å²) in [6.07, 6.45) is 8.13. The zero-order valence-electron chi connectivity index (χ0n) is 11.6. The summed E-state index contributed by atoms with van der Waals surface area (Å²) in [7, 11) is 1.72. The van der Waals surface area contributed by atoms with Gasteiger partial charge in [0.15, 0.2) is 0 Å². The van der Waals surface area contributed by atoms with Crippen LogP contribution in [0.5, 0.6) is 0 Å². The summed E-state index contributed by atoms with van der Waals surface area (Å²) in [5, 5.41) is 0. The molecule has 0 saturated heterocycles. The highest BCUT2D eigenvalue weighted by Gasteiger charge is 2.21. The summed E-state index contributed by atoms with van der Waals surface area (Å²) >= 11 is 0. The second-order valence-electron chi connectivity index (χ2n) is 5.49. The second kappa shape index (κ2) is 7.44. The average molecular weight is 262 g/mol. The monoisotopic (exact) mass is 262 g/mol. The first-order chi connectivity index (χ1) is 9.33. The Labute approximate surface area is 115 Å². The number of allylic oxidation sites excluding steroid dienone is 1. The van der Waals surface area contributed by atoms with E-state index < -0.39 is 0 Å². The van der Waals surface area contributed by atoms with Gasteiger partial charge in [-0.1, -0.05) is 30.3 Å². The highest BCUT2D eigenvalue weighted by molar-refractivity contribution is 5.25. The molecule has 2 rings (SSSR count). The van der Waals surface area contributed by atoms with Gasteiger partial charge in [0.25, 0.3) is 0 Å². The van der Waals surface area contributed by atoms with Crippen molar-refractivity contribution in [1.29, 1.82) is 0 Å². The molecule has 1 aromatic carbocycles. The van der Waals surface area contributed by atoms with Crippen molar-refractivity contribution in [2.45, 2.75) is 44.6 Å². The van der Waals surface area contributed by atoms with Crippen molar-refractivity contribution in [1.82, 2.24) is 0 Å². The molecule has 0 aliphatic heterocycles. The molecule has 1 aromatic rings. The number of halogens is 1. The van der Waals surface area contributed by atoms with Crippen molar-refractivity contribution in [2.75, 3.05) is 7.11 Å². The van der Waals surface area contributed by atoms with Gasteiger partial charge >= 0.3 is 0 Å². The van der Waals surface area contributed by atoms with Crippen molar-refractivity contribution < 1.29 is 9.13 Å². The lowest BCUT2D eigenvalue weighted by Crippen LogP contribution is -2.12. The van der Waals surface area contributed by atoms with Gasteiger partial charge in [0.2, 0.25) is 0 Å². The number of ether oxygens (including phenoxy) is 1. The minimum Gasteiger partial charge on any atom is -0.380 e. The highest BCUT2D eigenvalue weighted by atomic mass is 19.1. The summed E-state index contributed by atoms with van der Waals surface area (Å²) < 4.78 is 17.1. The van der Waals surface area contributed by atoms with Crippen LogP contribution in [0.2, 0.25) is 0 Å². The van der Waals surface area contributed by atoms with Crippen LogP contribution in [0.25, 0.3) is 0 Å². The molecular formula is C17H23FO. The first kappa shape index (κ1) is 14.3. The van der Waals surface area contributed by atoms with Crippen LogP contribution in [-0.4, -0.2) is 7.11 Å². The molecule has 2 heteroatoms. The first-order valence-electron chi connectivity index (χ1n) is 7.16. The Balaban J connectivity index is 1.86. The zero-order chi connectivity index (χ0) is 13.5. The van der Waals surface area contributed by atoms with Gasteiger partial charge in [-0.05, 0) is 55.1 Å². The summed E-state index contributed by atoms with van der Waals surface area (Å²) in [5.74, 6) is 1.36. The Hall–Kier alpha value is -1.15. The number of hydrogen-bond acceptors (Lipinski definition) is 1. The van der Waals surface area contributed by atoms with Crippen LogP contribution >= 0.6 is 0 Å². The van der Waals surface area contributed by atoms with Crippen LogP contribution < -0.4 is 0 Å². The smallest absolute Gasteiger partial charge is 0.0827 e. The number of rotatable bonds is 5. The highest BCUT2D eigenvalue weighted by Crippen LogP contribution is 2.37. The van der Waals surface area contributed by atoms with Gasteiger partial charge in [-0.15, -0.1) is 0 Å². The van der Waals surface area contributed by atoms with Gasteiger partial charge in [-0.25, -0.2) is 4.39 Å². The van der Waals surface area contributed by atoms with E-state index in [1.165, 1.54) is 36.8 Å². The molecule has 1 aliphatic carbocycles. The molecule has 0 heterocycles. The molecule has 0 bridgehead atoms. The van der Waals surface area contributed by atoms with Gasteiger partial charge in [-0.3, -0.25) is 0 Å². The molecule has 1 saturated carbocycles. The van der Waals surface area contributed by atoms with Crippen molar-refractivity contribution >= 4 is 0 Å². The maximum absolute atomic E-state index is 12.0. The maximum atomic E-state index is 12.0. The second-order valence-corrected chi connectivity index (χ2v) is 5.49. The molecule has 1 aliphatic rings. The largest absolute Gasteiger partial charge is 0.380 e. The molecule has 0 aromatic heterocycles. The van der Waals surface area contributed by atoms with Crippen molar-refractivity contribution in [3.63, 3.8) is 0 Å². The Bertz CT molecular complexity index is 388. The van der Waals surface area contributed by atoms with Crippen molar-refractivity contribution in [3.8, 4) is 0 Å². The summed E-state index contributed by atoms with van der Waals surface area (Å²) in [5.41, 5.74) is 2.67. The number of hydrogen-bond donors (Lipinski definition) is 0. The van der Waals surface area contributed by atoms with Gasteiger partial charge in [0, 0.05) is 7.11 Å². The maximum Gasteiger partial charge on any atom is 0.0827 e. The fraction of sp³-hybridized carbons (Fsp3) is 0.529. The van der Waals surface area contributed by atoms with Crippen molar-refractivity contribution in [2.24, 2.45) is 5.92 Å². The SMILES string of the molecule is COCc1ccc(C2CCC(CC=CF)CC2)cc1. The predicted molar refractivity (Wildman–Crippen MR) is 76.7 cm³/mol. The molecule has 104 valence electrons. The van der Waals surface area contributed by atoms with Gasteiger partial charge in [0.05, 0.1) is 12.9 Å². The molecule has 1 nitrogen and oxygen atoms in total. The topological polar surface area (TPSA) is 9.23 Å². The van der Waals surface area contributed by atoms with E-state index in [1.807, 2.05) is 0 Å². The summed E-state index contributed by atoms with van der Waals surface area (Å²) in [6, 6.07) is 8.80. The van der Waals surface area contributed by atoms with Crippen LogP contribution in [0, 0.1) is 5.92 Å². The molecule has 19 heavy (non-hydrogen) atoms. The van der Waals surface area contributed by atoms with E-state index in [9.17, 15) is 4.39 Å². The fourth-order valence-electron chi connectivity index (χ4n) is 3.03. The van der Waals surface area contributed by atoms with E-state index >= 15 is 0 Å². The van der Waals surface area contributed by atoms with E-state index in [4.69, 9.17) is 4.74 Å². The van der Waals surface area contributed by atoms with Crippen molar-refractivity contribution in [3.05, 3.63) is 47.8 Å². The quantitative estimate of drug-likeness (QED) is 0.727. The molecular weight excluding hydrogens is 239 g/mol. The lowest BCUT2D eigenvalue weighted by molar-refractivity contribution is 0.185. The summed E-state index contributed by atoms with van der Waals surface area (Å²) in [4.78, 5) is 0. The van der Waals surface area contributed by atoms with Crippen LogP contribution in [0.4, 0.5) is 4.39 Å². The van der Waals surface area contributed by atoms with Gasteiger partial charge in [-0.2, -0.15) is 0 Å². The van der Waals surface area contributed by atoms with Crippen LogP contribution in [0.1, 0.15) is 49.1 Å². The third kappa shape index (κ3) is 4.17. The Morgan fingerprint density at radius 3 is 2.42 bits per heavy atom. The summed E-state index contributed by atoms with van der Waals surface area (Å²) in [6.45, 7) is 0.683. The Kier molecular flexibility index (Phi) is 5.59. The lowest BCUT2D eigenvalue weighted by Gasteiger charge is -2.28. The average Bonchev–Trinajstić information content (AvgIpc) is 2.47. The third-order valence-corrected chi connectivity index (χ3v) is 4.17. The molecule has 0 spiro atoms. The minimum absolute atomic E-state index is 0.677. The van der Waals surface area contributed by atoms with Gasteiger partial charge in [0.1, 0.15) is 0 Å². The van der Waals surface area contributed by atoms with E-state index in [0.29, 0.717) is 24.8 Å². The molecule has 0 N–H and O–H groups in total. The third-order valence-electron chi connectivity index (χ3n) is 4.17. The number of methoxy groups -OCH3 is 1. The van der Waals surface area contributed by atoms with Crippen LogP contribution in [0.3, 0.4) is 0 Å².